The topological polar surface area (TPSA) is 49.8 Å². The zero-order valence-electron chi connectivity index (χ0n) is 11.0. The summed E-state index contributed by atoms with van der Waals surface area (Å²) in [4.78, 5) is 13.7. The van der Waals surface area contributed by atoms with Crippen molar-refractivity contribution in [1.29, 1.82) is 0 Å². The number of benzene rings is 1. The molecule has 1 fully saturated rings. The highest BCUT2D eigenvalue weighted by molar-refractivity contribution is 5.74. The fourth-order valence-electron chi connectivity index (χ4n) is 2.58. The van der Waals surface area contributed by atoms with Crippen LogP contribution < -0.4 is 0 Å². The molecule has 102 valence electrons. The molecule has 0 aromatic heterocycles. The largest absolute Gasteiger partial charge is 0.469 e. The summed E-state index contributed by atoms with van der Waals surface area (Å²) in [6.45, 7) is 4.92. The number of ether oxygens (including phenoxy) is 1. The van der Waals surface area contributed by atoms with Crippen LogP contribution in [0.4, 0.5) is 0 Å². The predicted molar refractivity (Wildman–Crippen MR) is 72.3 cm³/mol. The van der Waals surface area contributed by atoms with Gasteiger partial charge >= 0.3 is 5.97 Å². The second kappa shape index (κ2) is 5.99. The van der Waals surface area contributed by atoms with Gasteiger partial charge in [0.15, 0.2) is 0 Å². The normalized spacial score (nSPS) is 27.2. The highest BCUT2D eigenvalue weighted by Crippen LogP contribution is 2.27. The quantitative estimate of drug-likeness (QED) is 0.654. The maximum absolute atomic E-state index is 11.6. The van der Waals surface area contributed by atoms with E-state index >= 15 is 0 Å². The Bertz CT molecular complexity index is 446. The summed E-state index contributed by atoms with van der Waals surface area (Å²) in [5, 5.41) is 10.2. The first-order valence-electron chi connectivity index (χ1n) is 6.33. The average Bonchev–Trinajstić information content (AvgIpc) is 2.75. The van der Waals surface area contributed by atoms with Gasteiger partial charge in [0.1, 0.15) is 0 Å². The van der Waals surface area contributed by atoms with Crippen LogP contribution in [0.15, 0.2) is 43.0 Å². The lowest BCUT2D eigenvalue weighted by atomic mass is 10.0. The van der Waals surface area contributed by atoms with Gasteiger partial charge < -0.3 is 9.84 Å². The van der Waals surface area contributed by atoms with E-state index in [-0.39, 0.29) is 12.0 Å². The van der Waals surface area contributed by atoms with E-state index in [0.717, 1.165) is 5.56 Å². The van der Waals surface area contributed by atoms with Gasteiger partial charge in [0, 0.05) is 13.1 Å². The molecule has 0 amide bonds. The molecule has 1 unspecified atom stereocenters. The minimum absolute atomic E-state index is 0.218. The molecule has 1 aromatic rings. The number of hydrogen-bond donors (Lipinski definition) is 1. The third kappa shape index (κ3) is 2.85. The summed E-state index contributed by atoms with van der Waals surface area (Å²) in [5.41, 5.74) is 1.15. The van der Waals surface area contributed by atoms with Crippen LogP contribution in [0.3, 0.4) is 0 Å². The van der Waals surface area contributed by atoms with Gasteiger partial charge in [-0.1, -0.05) is 36.4 Å². The Kier molecular flexibility index (Phi) is 4.35. The van der Waals surface area contributed by atoms with Gasteiger partial charge in [-0.15, -0.1) is 6.58 Å². The number of nitrogens with zero attached hydrogens (tertiary/aromatic N) is 1. The Morgan fingerprint density at radius 1 is 1.53 bits per heavy atom. The summed E-state index contributed by atoms with van der Waals surface area (Å²) in [5.74, 6) is -0.869. The lowest BCUT2D eigenvalue weighted by Crippen LogP contribution is -2.34. The number of aliphatic hydroxyl groups excluding tert-OH is 1. The van der Waals surface area contributed by atoms with E-state index in [4.69, 9.17) is 4.74 Å². The van der Waals surface area contributed by atoms with Crippen molar-refractivity contribution in [2.45, 2.75) is 18.7 Å². The molecule has 3 atom stereocenters. The molecule has 0 radical (unpaired) electrons. The number of carbonyl (C=O) groups is 1. The Balaban J connectivity index is 2.12. The molecule has 2 rings (SSSR count). The van der Waals surface area contributed by atoms with Crippen LogP contribution in [-0.4, -0.2) is 41.8 Å². The highest BCUT2D eigenvalue weighted by atomic mass is 16.5. The minimum atomic E-state index is -0.756. The molecule has 1 aromatic carbocycles. The molecular formula is C15H19NO3. The van der Waals surface area contributed by atoms with E-state index in [9.17, 15) is 9.90 Å². The van der Waals surface area contributed by atoms with Crippen LogP contribution in [-0.2, 0) is 16.1 Å². The second-order valence-corrected chi connectivity index (χ2v) is 4.76. The number of carbonyl (C=O) groups excluding carboxylic acids is 1. The zero-order valence-corrected chi connectivity index (χ0v) is 11.0. The molecule has 4 heteroatoms. The van der Waals surface area contributed by atoms with Crippen LogP contribution in [0, 0.1) is 5.92 Å². The second-order valence-electron chi connectivity index (χ2n) is 4.76. The SMILES string of the molecule is C=CC1[C@H](O)[C@@H](C(=O)OC)CN1Cc1ccccc1. The van der Waals surface area contributed by atoms with Gasteiger partial charge in [0.05, 0.1) is 25.2 Å². The summed E-state index contributed by atoms with van der Waals surface area (Å²) in [6.07, 6.45) is 0.935. The summed E-state index contributed by atoms with van der Waals surface area (Å²) in [6, 6.07) is 9.75. The van der Waals surface area contributed by atoms with Crippen molar-refractivity contribution >= 4 is 5.97 Å². The van der Waals surface area contributed by atoms with Gasteiger partial charge in [0.25, 0.3) is 0 Å². The van der Waals surface area contributed by atoms with E-state index in [1.165, 1.54) is 7.11 Å². The third-order valence-electron chi connectivity index (χ3n) is 3.59. The molecule has 1 aliphatic rings. The number of rotatable bonds is 4. The van der Waals surface area contributed by atoms with Gasteiger partial charge in [-0.2, -0.15) is 0 Å². The van der Waals surface area contributed by atoms with E-state index in [1.807, 2.05) is 30.3 Å². The summed E-state index contributed by atoms with van der Waals surface area (Å²) >= 11 is 0. The molecule has 19 heavy (non-hydrogen) atoms. The van der Waals surface area contributed by atoms with Crippen molar-refractivity contribution in [2.24, 2.45) is 5.92 Å². The number of aliphatic hydroxyl groups is 1. The fraction of sp³-hybridized carbons (Fsp3) is 0.400. The molecule has 1 N–H and O–H groups in total. The minimum Gasteiger partial charge on any atom is -0.469 e. The van der Waals surface area contributed by atoms with E-state index in [2.05, 4.69) is 11.5 Å². The van der Waals surface area contributed by atoms with Crippen molar-refractivity contribution < 1.29 is 14.6 Å². The monoisotopic (exact) mass is 261 g/mol. The molecule has 0 saturated carbocycles. The maximum Gasteiger partial charge on any atom is 0.312 e. The van der Waals surface area contributed by atoms with E-state index in [0.29, 0.717) is 13.1 Å². The van der Waals surface area contributed by atoms with Crippen LogP contribution in [0.5, 0.6) is 0 Å². The molecule has 0 spiro atoms. The lowest BCUT2D eigenvalue weighted by molar-refractivity contribution is -0.147. The predicted octanol–water partition coefficient (Wildman–Crippen LogP) is 1.21. The molecule has 0 bridgehead atoms. The van der Waals surface area contributed by atoms with Crippen LogP contribution >= 0.6 is 0 Å². The third-order valence-corrected chi connectivity index (χ3v) is 3.59. The Hall–Kier alpha value is -1.65. The van der Waals surface area contributed by atoms with Crippen LogP contribution in [0.1, 0.15) is 5.56 Å². The number of likely N-dealkylation sites (tertiary alicyclic amines) is 1. The lowest BCUT2D eigenvalue weighted by Gasteiger charge is -2.22. The first-order chi connectivity index (χ1) is 9.17. The zero-order chi connectivity index (χ0) is 13.8. The first-order valence-corrected chi connectivity index (χ1v) is 6.33. The molecule has 1 aliphatic heterocycles. The Labute approximate surface area is 113 Å². The Morgan fingerprint density at radius 2 is 2.21 bits per heavy atom. The standard InChI is InChI=1S/C15H19NO3/c1-3-13-14(17)12(15(18)19-2)10-16(13)9-11-7-5-4-6-8-11/h3-8,12-14,17H,1,9-10H2,2H3/t12-,13?,14+/m0/s1. The molecule has 1 heterocycles. The van der Waals surface area contributed by atoms with Crippen molar-refractivity contribution in [1.82, 2.24) is 4.90 Å². The van der Waals surface area contributed by atoms with Gasteiger partial charge in [0.2, 0.25) is 0 Å². The summed E-state index contributed by atoms with van der Waals surface area (Å²) in [7, 11) is 1.35. The fourth-order valence-corrected chi connectivity index (χ4v) is 2.58. The van der Waals surface area contributed by atoms with Crippen LogP contribution in [0.25, 0.3) is 0 Å². The average molecular weight is 261 g/mol. The smallest absolute Gasteiger partial charge is 0.312 e. The molecule has 1 saturated heterocycles. The number of hydrogen-bond acceptors (Lipinski definition) is 4. The highest BCUT2D eigenvalue weighted by Gasteiger charge is 2.43. The molecular weight excluding hydrogens is 242 g/mol. The van der Waals surface area contributed by atoms with Crippen molar-refractivity contribution in [3.8, 4) is 0 Å². The Morgan fingerprint density at radius 3 is 2.79 bits per heavy atom. The van der Waals surface area contributed by atoms with Crippen molar-refractivity contribution in [3.63, 3.8) is 0 Å². The maximum atomic E-state index is 11.6. The molecule has 4 nitrogen and oxygen atoms in total. The van der Waals surface area contributed by atoms with E-state index < -0.39 is 12.0 Å². The number of esters is 1. The molecule has 0 aliphatic carbocycles. The summed E-state index contributed by atoms with van der Waals surface area (Å²) < 4.78 is 4.74. The number of methoxy groups -OCH3 is 1. The van der Waals surface area contributed by atoms with E-state index in [1.54, 1.807) is 6.08 Å². The van der Waals surface area contributed by atoms with Crippen LogP contribution in [0.2, 0.25) is 0 Å². The van der Waals surface area contributed by atoms with Crippen molar-refractivity contribution in [3.05, 3.63) is 48.6 Å². The van der Waals surface area contributed by atoms with Gasteiger partial charge in [-0.05, 0) is 5.56 Å². The van der Waals surface area contributed by atoms with Gasteiger partial charge in [-0.3, -0.25) is 9.69 Å². The van der Waals surface area contributed by atoms with Crippen molar-refractivity contribution in [2.75, 3.05) is 13.7 Å². The van der Waals surface area contributed by atoms with Gasteiger partial charge in [-0.25, -0.2) is 0 Å². The first kappa shape index (κ1) is 13.8.